The number of nitrogens with zero attached hydrogens (tertiary/aromatic N) is 1. The summed E-state index contributed by atoms with van der Waals surface area (Å²) in [4.78, 5) is 0. The third-order valence-electron chi connectivity index (χ3n) is 4.47. The highest BCUT2D eigenvalue weighted by Crippen LogP contribution is 2.21. The molecule has 0 aliphatic carbocycles. The number of sulfone groups is 2. The monoisotopic (exact) mass is 392 g/mol. The van der Waals surface area contributed by atoms with Gasteiger partial charge in [-0.3, -0.25) is 5.43 Å². The molecule has 134 valence electrons. The van der Waals surface area contributed by atoms with Crippen LogP contribution in [0.25, 0.3) is 0 Å². The van der Waals surface area contributed by atoms with Gasteiger partial charge >= 0.3 is 0 Å². The summed E-state index contributed by atoms with van der Waals surface area (Å²) in [6.45, 7) is 0.483. The van der Waals surface area contributed by atoms with Gasteiger partial charge in [0, 0.05) is 23.7 Å². The van der Waals surface area contributed by atoms with Crippen molar-refractivity contribution in [2.45, 2.75) is 31.5 Å². The Morgan fingerprint density at radius 1 is 1.08 bits per heavy atom. The lowest BCUT2D eigenvalue weighted by atomic mass is 10.2. The summed E-state index contributed by atoms with van der Waals surface area (Å²) in [6, 6.07) is 7.07. The molecule has 0 amide bonds. The largest absolute Gasteiger partial charge is 0.250 e. The van der Waals surface area contributed by atoms with E-state index in [-0.39, 0.29) is 35.1 Å². The summed E-state index contributed by atoms with van der Waals surface area (Å²) in [5.41, 5.74) is 4.22. The van der Waals surface area contributed by atoms with Crippen LogP contribution in [0.15, 0.2) is 24.3 Å². The quantitative estimate of drug-likeness (QED) is 0.753. The van der Waals surface area contributed by atoms with Crippen molar-refractivity contribution >= 4 is 31.3 Å². The maximum absolute atomic E-state index is 11.8. The topological polar surface area (TPSA) is 83.6 Å². The third-order valence-corrected chi connectivity index (χ3v) is 8.23. The first-order chi connectivity index (χ1) is 11.2. The van der Waals surface area contributed by atoms with E-state index < -0.39 is 19.7 Å². The minimum atomic E-state index is -3.02. The molecule has 9 heteroatoms. The molecule has 0 radical (unpaired) electrons. The molecular formula is C15H21ClN2O4S2. The molecule has 2 atom stereocenters. The summed E-state index contributed by atoms with van der Waals surface area (Å²) in [5.74, 6) is 0.547. The Hall–Kier alpha value is -0.670. The Bertz CT molecular complexity index is 811. The third kappa shape index (κ3) is 4.70. The molecule has 0 unspecified atom stereocenters. The zero-order valence-electron chi connectivity index (χ0n) is 13.2. The molecule has 3 rings (SSSR count). The summed E-state index contributed by atoms with van der Waals surface area (Å²) in [7, 11) is -6.02. The SMILES string of the molecule is O=S1(=O)CC[C@@H](NN(Cc2cccc(Cl)c2)[C@H]2CCS(=O)(=O)C2)C1. The van der Waals surface area contributed by atoms with Gasteiger partial charge in [0.2, 0.25) is 0 Å². The van der Waals surface area contributed by atoms with Crippen LogP contribution in [0.4, 0.5) is 0 Å². The van der Waals surface area contributed by atoms with Gasteiger partial charge in [-0.2, -0.15) is 0 Å². The fourth-order valence-electron chi connectivity index (χ4n) is 3.26. The number of hydrazine groups is 1. The van der Waals surface area contributed by atoms with Gasteiger partial charge in [0.15, 0.2) is 19.7 Å². The fraction of sp³-hybridized carbons (Fsp3) is 0.600. The minimum absolute atomic E-state index is 0.0957. The smallest absolute Gasteiger partial charge is 0.151 e. The Labute approximate surface area is 148 Å². The maximum Gasteiger partial charge on any atom is 0.151 e. The fourth-order valence-corrected chi connectivity index (χ4v) is 6.87. The van der Waals surface area contributed by atoms with Crippen LogP contribution in [0.2, 0.25) is 5.02 Å². The molecule has 2 heterocycles. The molecule has 2 fully saturated rings. The molecular weight excluding hydrogens is 372 g/mol. The number of hydrogen-bond donors (Lipinski definition) is 1. The molecule has 1 aromatic rings. The van der Waals surface area contributed by atoms with E-state index in [0.717, 1.165) is 5.56 Å². The molecule has 1 aromatic carbocycles. The van der Waals surface area contributed by atoms with E-state index in [1.54, 1.807) is 6.07 Å². The molecule has 0 saturated carbocycles. The first-order valence-electron chi connectivity index (χ1n) is 7.90. The van der Waals surface area contributed by atoms with E-state index in [9.17, 15) is 16.8 Å². The molecule has 2 aliphatic heterocycles. The second-order valence-electron chi connectivity index (χ2n) is 6.54. The molecule has 0 aromatic heterocycles. The number of halogens is 1. The van der Waals surface area contributed by atoms with Gasteiger partial charge in [0.25, 0.3) is 0 Å². The number of rotatable bonds is 5. The van der Waals surface area contributed by atoms with E-state index >= 15 is 0 Å². The van der Waals surface area contributed by atoms with E-state index in [1.165, 1.54) is 0 Å². The molecule has 0 spiro atoms. The van der Waals surface area contributed by atoms with Crippen LogP contribution in [0.3, 0.4) is 0 Å². The van der Waals surface area contributed by atoms with Gasteiger partial charge in [-0.05, 0) is 30.5 Å². The van der Waals surface area contributed by atoms with Gasteiger partial charge < -0.3 is 0 Å². The minimum Gasteiger partial charge on any atom is -0.250 e. The van der Waals surface area contributed by atoms with Crippen LogP contribution in [-0.2, 0) is 26.2 Å². The molecule has 1 N–H and O–H groups in total. The van der Waals surface area contributed by atoms with Crippen molar-refractivity contribution in [3.63, 3.8) is 0 Å². The summed E-state index contributed by atoms with van der Waals surface area (Å²) >= 11 is 6.03. The summed E-state index contributed by atoms with van der Waals surface area (Å²) < 4.78 is 47.0. The van der Waals surface area contributed by atoms with Gasteiger partial charge in [0.1, 0.15) is 0 Å². The van der Waals surface area contributed by atoms with E-state index in [2.05, 4.69) is 5.43 Å². The van der Waals surface area contributed by atoms with Crippen molar-refractivity contribution in [3.05, 3.63) is 34.9 Å². The molecule has 0 bridgehead atoms. The Balaban J connectivity index is 1.76. The van der Waals surface area contributed by atoms with Crippen LogP contribution in [0, 0.1) is 0 Å². The second kappa shape index (κ2) is 6.92. The first-order valence-corrected chi connectivity index (χ1v) is 11.9. The van der Waals surface area contributed by atoms with Gasteiger partial charge in [0.05, 0.1) is 23.0 Å². The van der Waals surface area contributed by atoms with Crippen molar-refractivity contribution in [2.75, 3.05) is 23.0 Å². The van der Waals surface area contributed by atoms with Gasteiger partial charge in [-0.25, -0.2) is 21.8 Å². The highest BCUT2D eigenvalue weighted by Gasteiger charge is 2.35. The average molecular weight is 393 g/mol. The van der Waals surface area contributed by atoms with Crippen LogP contribution in [0.1, 0.15) is 18.4 Å². The molecule has 2 aliphatic rings. The maximum atomic E-state index is 11.8. The standard InChI is InChI=1S/C15H21ClN2O4S2/c16-13-3-1-2-12(8-13)9-18(15-5-7-24(21,22)11-15)17-14-4-6-23(19,20)10-14/h1-3,8,14-15,17H,4-7,9-11H2/t14-,15+/m1/s1. The highest BCUT2D eigenvalue weighted by atomic mass is 35.5. The molecule has 2 saturated heterocycles. The molecule has 6 nitrogen and oxygen atoms in total. The van der Waals surface area contributed by atoms with E-state index in [4.69, 9.17) is 11.6 Å². The van der Waals surface area contributed by atoms with Gasteiger partial charge in [-0.15, -0.1) is 0 Å². The second-order valence-corrected chi connectivity index (χ2v) is 11.4. The lowest BCUT2D eigenvalue weighted by Crippen LogP contribution is -2.50. The lowest BCUT2D eigenvalue weighted by Gasteiger charge is -2.31. The number of hydrogen-bond acceptors (Lipinski definition) is 6. The van der Waals surface area contributed by atoms with E-state index in [0.29, 0.717) is 24.4 Å². The van der Waals surface area contributed by atoms with Crippen molar-refractivity contribution in [1.29, 1.82) is 0 Å². The number of benzene rings is 1. The number of nitrogens with one attached hydrogen (secondary N) is 1. The van der Waals surface area contributed by atoms with Crippen LogP contribution in [0.5, 0.6) is 0 Å². The highest BCUT2D eigenvalue weighted by molar-refractivity contribution is 7.91. The normalized spacial score (nSPS) is 28.4. The Morgan fingerprint density at radius 3 is 2.38 bits per heavy atom. The lowest BCUT2D eigenvalue weighted by molar-refractivity contribution is 0.108. The van der Waals surface area contributed by atoms with Crippen LogP contribution in [-0.4, -0.2) is 56.9 Å². The molecule has 24 heavy (non-hydrogen) atoms. The zero-order chi connectivity index (χ0) is 17.4. The van der Waals surface area contributed by atoms with Crippen molar-refractivity contribution in [2.24, 2.45) is 0 Å². The van der Waals surface area contributed by atoms with Crippen molar-refractivity contribution < 1.29 is 16.8 Å². The van der Waals surface area contributed by atoms with Crippen molar-refractivity contribution in [3.8, 4) is 0 Å². The van der Waals surface area contributed by atoms with Crippen LogP contribution < -0.4 is 5.43 Å². The predicted molar refractivity (Wildman–Crippen MR) is 94.2 cm³/mol. The Kier molecular flexibility index (Phi) is 5.22. The van der Waals surface area contributed by atoms with Gasteiger partial charge in [-0.1, -0.05) is 23.7 Å². The van der Waals surface area contributed by atoms with Crippen molar-refractivity contribution in [1.82, 2.24) is 10.4 Å². The zero-order valence-corrected chi connectivity index (χ0v) is 15.6. The van der Waals surface area contributed by atoms with Crippen LogP contribution >= 0.6 is 11.6 Å². The Morgan fingerprint density at radius 2 is 1.79 bits per heavy atom. The summed E-state index contributed by atoms with van der Waals surface area (Å²) in [6.07, 6.45) is 1.10. The average Bonchev–Trinajstić information content (AvgIpc) is 3.00. The first kappa shape index (κ1) is 18.1. The summed E-state index contributed by atoms with van der Waals surface area (Å²) in [5, 5.41) is 2.51. The van der Waals surface area contributed by atoms with E-state index in [1.807, 2.05) is 23.2 Å². The predicted octanol–water partition coefficient (Wildman–Crippen LogP) is 1.02.